The number of nitrogens with zero attached hydrogens (tertiary/aromatic N) is 4. The number of nitrogens with two attached hydrogens (primary N) is 1. The molecule has 2 aromatic heterocycles. The second kappa shape index (κ2) is 8.59. The summed E-state index contributed by atoms with van der Waals surface area (Å²) in [6.45, 7) is -0.453. The van der Waals surface area contributed by atoms with Crippen molar-refractivity contribution in [1.29, 1.82) is 0 Å². The van der Waals surface area contributed by atoms with E-state index in [1.807, 2.05) is 12.1 Å². The first-order chi connectivity index (χ1) is 15.9. The molecule has 5 rings (SSSR count). The molecule has 3 aromatic rings. The highest BCUT2D eigenvalue weighted by Gasteiger charge is 2.46. The lowest BCUT2D eigenvalue weighted by Gasteiger charge is -2.20. The normalized spacial score (nSPS) is 27.2. The van der Waals surface area contributed by atoms with E-state index in [0.29, 0.717) is 17.0 Å². The van der Waals surface area contributed by atoms with Gasteiger partial charge in [-0.15, -0.1) is 0 Å². The van der Waals surface area contributed by atoms with Crippen molar-refractivity contribution >= 4 is 27.3 Å². The highest BCUT2D eigenvalue weighted by molar-refractivity contribution is 7.84. The highest BCUT2D eigenvalue weighted by Crippen LogP contribution is 2.36. The molecule has 33 heavy (non-hydrogen) atoms. The average Bonchev–Trinajstić information content (AvgIpc) is 3.48. The Bertz CT molecular complexity index is 1270. The topological polar surface area (TPSA) is 164 Å². The highest BCUT2D eigenvalue weighted by atomic mass is 32.2. The van der Waals surface area contributed by atoms with E-state index in [-0.39, 0.29) is 6.04 Å². The number of benzene rings is 1. The van der Waals surface area contributed by atoms with Crippen LogP contribution in [0.4, 0.5) is 5.82 Å². The fourth-order valence-corrected chi connectivity index (χ4v) is 4.84. The van der Waals surface area contributed by atoms with Crippen molar-refractivity contribution in [3.63, 3.8) is 0 Å². The summed E-state index contributed by atoms with van der Waals surface area (Å²) in [5.74, 6) is 0.585. The summed E-state index contributed by atoms with van der Waals surface area (Å²) >= 11 is 0. The van der Waals surface area contributed by atoms with Crippen molar-refractivity contribution in [2.24, 2.45) is 5.14 Å². The van der Waals surface area contributed by atoms with E-state index in [0.717, 1.165) is 12.8 Å². The van der Waals surface area contributed by atoms with E-state index in [1.165, 1.54) is 30.9 Å². The maximum atomic E-state index is 11.1. The van der Waals surface area contributed by atoms with Crippen molar-refractivity contribution in [3.05, 3.63) is 48.0 Å². The van der Waals surface area contributed by atoms with Gasteiger partial charge in [-0.2, -0.15) is 8.42 Å². The fourth-order valence-electron chi connectivity index (χ4n) is 4.51. The van der Waals surface area contributed by atoms with Crippen LogP contribution in [0.5, 0.6) is 0 Å². The fraction of sp³-hybridized carbons (Fsp3) is 0.450. The monoisotopic (exact) mass is 476 g/mol. The number of hydrogen-bond donors (Lipinski definition) is 3. The van der Waals surface area contributed by atoms with Crippen LogP contribution in [0.3, 0.4) is 0 Å². The summed E-state index contributed by atoms with van der Waals surface area (Å²) < 4.78 is 39.8. The molecule has 0 unspecified atom stereocenters. The molecular formula is C20H24N6O6S. The van der Waals surface area contributed by atoms with Gasteiger partial charge in [0.1, 0.15) is 24.6 Å². The minimum atomic E-state index is -4.18. The predicted octanol–water partition coefficient (Wildman–Crippen LogP) is 0.419. The van der Waals surface area contributed by atoms with Crippen molar-refractivity contribution in [2.75, 3.05) is 19.0 Å². The molecule has 1 saturated heterocycles. The zero-order valence-corrected chi connectivity index (χ0v) is 18.6. The smallest absolute Gasteiger partial charge is 0.333 e. The number of anilines is 1. The second-order valence-corrected chi connectivity index (χ2v) is 9.24. The number of aromatic nitrogens is 4. The third-order valence-corrected chi connectivity index (χ3v) is 6.52. The van der Waals surface area contributed by atoms with Crippen LogP contribution in [0.1, 0.15) is 29.8 Å². The summed E-state index contributed by atoms with van der Waals surface area (Å²) in [6.07, 6.45) is 1.11. The summed E-state index contributed by atoms with van der Waals surface area (Å²) in [6, 6.07) is 8.41. The lowest BCUT2D eigenvalue weighted by molar-refractivity contribution is -0.0556. The van der Waals surface area contributed by atoms with E-state index in [9.17, 15) is 13.5 Å². The molecule has 176 valence electrons. The Labute approximate surface area is 190 Å². The van der Waals surface area contributed by atoms with Crippen LogP contribution in [0.25, 0.3) is 11.2 Å². The Balaban J connectivity index is 1.42. The lowest BCUT2D eigenvalue weighted by Crippen LogP contribution is -2.36. The third kappa shape index (κ3) is 4.18. The van der Waals surface area contributed by atoms with Crippen molar-refractivity contribution in [1.82, 2.24) is 19.5 Å². The first kappa shape index (κ1) is 22.1. The zero-order chi connectivity index (χ0) is 23.2. The summed E-state index contributed by atoms with van der Waals surface area (Å²) in [5, 5.41) is 18.9. The zero-order valence-electron chi connectivity index (χ0n) is 17.7. The summed E-state index contributed by atoms with van der Waals surface area (Å²) in [7, 11) is -2.76. The molecule has 0 saturated carbocycles. The van der Waals surface area contributed by atoms with Crippen LogP contribution in [-0.4, -0.2) is 65.1 Å². The molecule has 1 aliphatic carbocycles. The molecule has 12 nitrogen and oxygen atoms in total. The summed E-state index contributed by atoms with van der Waals surface area (Å²) in [5.41, 5.74) is 3.57. The molecule has 3 heterocycles. The Morgan fingerprint density at radius 2 is 2.12 bits per heavy atom. The number of aliphatic hydroxyl groups is 1. The summed E-state index contributed by atoms with van der Waals surface area (Å²) in [4.78, 5) is 13.2. The van der Waals surface area contributed by atoms with E-state index < -0.39 is 41.5 Å². The minimum absolute atomic E-state index is 0.112. The molecule has 1 aliphatic heterocycles. The third-order valence-electron chi connectivity index (χ3n) is 6.06. The van der Waals surface area contributed by atoms with E-state index in [4.69, 9.17) is 14.6 Å². The van der Waals surface area contributed by atoms with Crippen LogP contribution < -0.4 is 10.5 Å². The van der Waals surface area contributed by atoms with E-state index in [2.05, 4.69) is 36.6 Å². The van der Waals surface area contributed by atoms with Gasteiger partial charge in [0.2, 0.25) is 0 Å². The van der Waals surface area contributed by atoms with Gasteiger partial charge >= 0.3 is 10.3 Å². The maximum absolute atomic E-state index is 11.1. The van der Waals surface area contributed by atoms with Gasteiger partial charge in [0.15, 0.2) is 23.2 Å². The molecule has 1 aromatic carbocycles. The molecule has 0 bridgehead atoms. The molecule has 0 spiro atoms. The van der Waals surface area contributed by atoms with Gasteiger partial charge in [-0.1, -0.05) is 24.3 Å². The number of hydrogen-bond acceptors (Lipinski definition) is 10. The van der Waals surface area contributed by atoms with Crippen molar-refractivity contribution < 1.29 is 27.2 Å². The molecule has 13 heteroatoms. The Morgan fingerprint density at radius 1 is 1.30 bits per heavy atom. The van der Waals surface area contributed by atoms with Crippen LogP contribution in [0.2, 0.25) is 0 Å². The molecule has 1 fully saturated rings. The second-order valence-electron chi connectivity index (χ2n) is 8.01. The Hall–Kier alpha value is -2.68. The van der Waals surface area contributed by atoms with Gasteiger partial charge in [-0.3, -0.25) is 8.75 Å². The van der Waals surface area contributed by atoms with E-state index >= 15 is 0 Å². The first-order valence-corrected chi connectivity index (χ1v) is 11.9. The van der Waals surface area contributed by atoms with Crippen LogP contribution >= 0.6 is 0 Å². The molecule has 2 aliphatic rings. The Kier molecular flexibility index (Phi) is 5.76. The van der Waals surface area contributed by atoms with Gasteiger partial charge in [0.25, 0.3) is 0 Å². The van der Waals surface area contributed by atoms with Crippen LogP contribution in [0.15, 0.2) is 36.9 Å². The number of ether oxygens (including phenoxy) is 2. The number of aryl methyl sites for hydroxylation is 1. The predicted molar refractivity (Wildman–Crippen MR) is 116 cm³/mol. The quantitative estimate of drug-likeness (QED) is 0.435. The number of nitrogens with one attached hydrogen (secondary N) is 1. The molecule has 4 N–H and O–H groups in total. The molecule has 5 atom stereocenters. The van der Waals surface area contributed by atoms with Gasteiger partial charge in [0.05, 0.1) is 19.0 Å². The van der Waals surface area contributed by atoms with Crippen molar-refractivity contribution in [2.45, 2.75) is 43.4 Å². The van der Waals surface area contributed by atoms with Gasteiger partial charge in [-0.05, 0) is 24.0 Å². The standard InChI is InChI=1S/C20H24N6O6S/c1-30-17-16(27)14(8-31-33(21,28)29)32-20(17)26-10-24-15-18(22-9-23-19(15)26)25-13-7-6-11-4-2-3-5-12(11)13/h2-5,9-10,13-14,16-17,20,27H,6-8H2,1H3,(H2,21,28,29)(H,22,23,25)/t13-,14+,16+,17+,20+/m0/s1. The number of methoxy groups -OCH3 is 1. The van der Waals surface area contributed by atoms with Gasteiger partial charge in [-0.25, -0.2) is 20.1 Å². The largest absolute Gasteiger partial charge is 0.387 e. The number of rotatable bonds is 7. The van der Waals surface area contributed by atoms with Crippen LogP contribution in [-0.2, 0) is 30.4 Å². The first-order valence-electron chi connectivity index (χ1n) is 10.4. The van der Waals surface area contributed by atoms with Gasteiger partial charge < -0.3 is 19.9 Å². The number of aliphatic hydroxyl groups excluding tert-OH is 1. The average molecular weight is 477 g/mol. The maximum Gasteiger partial charge on any atom is 0.333 e. The number of imidazole rings is 1. The van der Waals surface area contributed by atoms with Crippen LogP contribution in [0, 0.1) is 0 Å². The van der Waals surface area contributed by atoms with Gasteiger partial charge in [0, 0.05) is 7.11 Å². The van der Waals surface area contributed by atoms with E-state index in [1.54, 1.807) is 4.57 Å². The lowest BCUT2D eigenvalue weighted by atomic mass is 10.1. The Morgan fingerprint density at radius 3 is 2.91 bits per heavy atom. The molecule has 0 amide bonds. The number of fused-ring (bicyclic) bond motifs is 2. The molecule has 0 radical (unpaired) electrons. The molecular weight excluding hydrogens is 452 g/mol. The SMILES string of the molecule is CO[C@@H]1[C@H](O)[C@@H](COS(N)(=O)=O)O[C@H]1n1cnc2c(N[C@H]3CCc4ccccc43)ncnc21. The van der Waals surface area contributed by atoms with Crippen molar-refractivity contribution in [3.8, 4) is 0 Å². The minimum Gasteiger partial charge on any atom is -0.387 e.